The molecule has 4 heterocycles. The fraction of sp³-hybridized carbons (Fsp3) is 0.600. The van der Waals surface area contributed by atoms with Gasteiger partial charge in [-0.1, -0.05) is 6.92 Å². The molecular weight excluding hydrogens is 448 g/mol. The van der Waals surface area contributed by atoms with Gasteiger partial charge in [0.2, 0.25) is 11.8 Å². The van der Waals surface area contributed by atoms with E-state index < -0.39 is 12.0 Å². The van der Waals surface area contributed by atoms with E-state index in [4.69, 9.17) is 0 Å². The first-order valence-corrected chi connectivity index (χ1v) is 12.6. The number of benzene rings is 1. The number of nitrogens with zero attached hydrogens (tertiary/aromatic N) is 5. The van der Waals surface area contributed by atoms with Gasteiger partial charge in [0.05, 0.1) is 17.1 Å². The van der Waals surface area contributed by atoms with Crippen molar-refractivity contribution >= 4 is 34.5 Å². The molecule has 3 atom stereocenters. The van der Waals surface area contributed by atoms with Gasteiger partial charge in [-0.2, -0.15) is 5.10 Å². The number of nitrogens with one attached hydrogen (secondary N) is 1. The van der Waals surface area contributed by atoms with Crippen molar-refractivity contribution in [3.05, 3.63) is 23.9 Å². The molecule has 3 aliphatic rings. The van der Waals surface area contributed by atoms with Gasteiger partial charge in [0.1, 0.15) is 0 Å². The molecule has 5 rings (SSSR count). The van der Waals surface area contributed by atoms with Crippen LogP contribution >= 0.6 is 0 Å². The number of fused-ring (bicyclic) bond motifs is 1. The Morgan fingerprint density at radius 2 is 1.91 bits per heavy atom. The summed E-state index contributed by atoms with van der Waals surface area (Å²) >= 11 is 0. The van der Waals surface area contributed by atoms with Crippen molar-refractivity contribution in [1.29, 1.82) is 0 Å². The average molecular weight is 483 g/mol. The van der Waals surface area contributed by atoms with E-state index in [-0.39, 0.29) is 11.8 Å². The summed E-state index contributed by atoms with van der Waals surface area (Å²) in [5.41, 5.74) is 2.88. The SMILES string of the molecule is C[C@@H]1CN(C(=O)O)CC[C@@H]1CN1CCN(c2ccc3c(C4CCC(=O)NC4=O)nn(C)c3c2)CC1. The minimum Gasteiger partial charge on any atom is -0.465 e. The summed E-state index contributed by atoms with van der Waals surface area (Å²) in [6.45, 7) is 8.30. The van der Waals surface area contributed by atoms with Crippen LogP contribution in [0.4, 0.5) is 10.5 Å². The third-order valence-electron chi connectivity index (χ3n) is 8.02. The highest BCUT2D eigenvalue weighted by Gasteiger charge is 2.33. The number of carboxylic acid groups (broad SMARTS) is 1. The summed E-state index contributed by atoms with van der Waals surface area (Å²) in [6.07, 6.45) is 0.960. The number of amides is 3. The van der Waals surface area contributed by atoms with Crippen LogP contribution in [0.5, 0.6) is 0 Å². The number of anilines is 1. The van der Waals surface area contributed by atoms with E-state index in [0.717, 1.165) is 61.4 Å². The Bertz CT molecular complexity index is 1140. The zero-order valence-electron chi connectivity index (χ0n) is 20.4. The normalized spacial score (nSPS) is 26.3. The zero-order chi connectivity index (χ0) is 24.7. The van der Waals surface area contributed by atoms with Crippen LogP contribution < -0.4 is 10.2 Å². The molecule has 2 N–H and O–H groups in total. The van der Waals surface area contributed by atoms with Crippen molar-refractivity contribution in [2.24, 2.45) is 18.9 Å². The van der Waals surface area contributed by atoms with Gasteiger partial charge in [0.25, 0.3) is 0 Å². The average Bonchev–Trinajstić information content (AvgIpc) is 3.16. The number of aryl methyl sites for hydroxylation is 1. The van der Waals surface area contributed by atoms with E-state index in [9.17, 15) is 19.5 Å². The molecule has 10 nitrogen and oxygen atoms in total. The van der Waals surface area contributed by atoms with Gasteiger partial charge >= 0.3 is 6.09 Å². The lowest BCUT2D eigenvalue weighted by atomic mass is 9.86. The number of likely N-dealkylation sites (tertiary alicyclic amines) is 1. The van der Waals surface area contributed by atoms with Crippen LogP contribution in [-0.4, -0.2) is 88.4 Å². The Kier molecular flexibility index (Phi) is 6.39. The number of carbonyl (C=O) groups excluding carboxylic acids is 2. The van der Waals surface area contributed by atoms with E-state index in [1.165, 1.54) is 0 Å². The number of piperazine rings is 1. The van der Waals surface area contributed by atoms with Gasteiger partial charge in [-0.25, -0.2) is 4.79 Å². The van der Waals surface area contributed by atoms with E-state index in [1.54, 1.807) is 4.90 Å². The van der Waals surface area contributed by atoms with Crippen LogP contribution in [0.3, 0.4) is 0 Å². The molecule has 3 saturated heterocycles. The molecule has 3 amide bonds. The van der Waals surface area contributed by atoms with Gasteiger partial charge in [-0.3, -0.25) is 24.5 Å². The van der Waals surface area contributed by atoms with E-state index in [1.807, 2.05) is 11.7 Å². The van der Waals surface area contributed by atoms with Crippen molar-refractivity contribution in [3.63, 3.8) is 0 Å². The fourth-order valence-electron chi connectivity index (χ4n) is 5.84. The van der Waals surface area contributed by atoms with E-state index in [0.29, 0.717) is 37.8 Å². The molecule has 0 radical (unpaired) electrons. The number of hydrogen-bond donors (Lipinski definition) is 2. The third-order valence-corrected chi connectivity index (χ3v) is 8.02. The summed E-state index contributed by atoms with van der Waals surface area (Å²) in [4.78, 5) is 41.6. The van der Waals surface area contributed by atoms with Crippen molar-refractivity contribution in [2.45, 2.75) is 32.1 Å². The topological polar surface area (TPSA) is 111 Å². The number of imide groups is 1. The van der Waals surface area contributed by atoms with Crippen molar-refractivity contribution in [3.8, 4) is 0 Å². The Hall–Kier alpha value is -3.14. The first-order valence-electron chi connectivity index (χ1n) is 12.6. The summed E-state index contributed by atoms with van der Waals surface area (Å²) < 4.78 is 1.83. The van der Waals surface area contributed by atoms with Crippen molar-refractivity contribution in [2.75, 3.05) is 50.7 Å². The number of rotatable bonds is 4. The van der Waals surface area contributed by atoms with Crippen molar-refractivity contribution < 1.29 is 19.5 Å². The molecule has 0 aliphatic carbocycles. The fourth-order valence-corrected chi connectivity index (χ4v) is 5.84. The van der Waals surface area contributed by atoms with Gasteiger partial charge < -0.3 is 14.9 Å². The minimum atomic E-state index is -0.807. The van der Waals surface area contributed by atoms with Crippen LogP contribution in [0.15, 0.2) is 18.2 Å². The molecule has 3 fully saturated rings. The maximum atomic E-state index is 12.4. The molecule has 10 heteroatoms. The molecular formula is C25H34N6O4. The smallest absolute Gasteiger partial charge is 0.407 e. The molecule has 0 saturated carbocycles. The highest BCUT2D eigenvalue weighted by molar-refractivity contribution is 6.02. The molecule has 0 bridgehead atoms. The van der Waals surface area contributed by atoms with E-state index >= 15 is 0 Å². The van der Waals surface area contributed by atoms with Crippen molar-refractivity contribution in [1.82, 2.24) is 24.9 Å². The summed E-state index contributed by atoms with van der Waals surface area (Å²) in [5, 5.41) is 17.3. The second-order valence-corrected chi connectivity index (χ2v) is 10.3. The summed E-state index contributed by atoms with van der Waals surface area (Å²) in [5.74, 6) is 0.0466. The predicted molar refractivity (Wildman–Crippen MR) is 131 cm³/mol. The van der Waals surface area contributed by atoms with Gasteiger partial charge in [-0.15, -0.1) is 0 Å². The first-order chi connectivity index (χ1) is 16.8. The standard InChI is InChI=1S/C25H34N6O4/c1-16-14-31(25(34)35)8-7-17(16)15-29-9-11-30(12-10-29)18-3-4-19-21(13-18)28(2)27-23(19)20-5-6-22(32)26-24(20)33/h3-4,13,16-17,20H,5-12,14-15H2,1-2H3,(H,34,35)(H,26,32,33)/t16-,17-,20?/m1/s1. The Balaban J connectivity index is 1.22. The summed E-state index contributed by atoms with van der Waals surface area (Å²) in [6, 6.07) is 6.32. The van der Waals surface area contributed by atoms with Crippen LogP contribution in [0.1, 0.15) is 37.8 Å². The molecule has 1 aromatic heterocycles. The minimum absolute atomic E-state index is 0.215. The predicted octanol–water partition coefficient (Wildman–Crippen LogP) is 1.85. The number of aromatic nitrogens is 2. The molecule has 1 unspecified atom stereocenters. The lowest BCUT2D eigenvalue weighted by Crippen LogP contribution is -2.50. The van der Waals surface area contributed by atoms with Crippen LogP contribution in [-0.2, 0) is 16.6 Å². The number of carbonyl (C=O) groups is 3. The maximum absolute atomic E-state index is 12.4. The van der Waals surface area contributed by atoms with E-state index in [2.05, 4.69) is 45.3 Å². The molecule has 3 aliphatic heterocycles. The Morgan fingerprint density at radius 1 is 1.14 bits per heavy atom. The molecule has 2 aromatic rings. The van der Waals surface area contributed by atoms with Crippen LogP contribution in [0, 0.1) is 11.8 Å². The third kappa shape index (κ3) is 4.71. The summed E-state index contributed by atoms with van der Waals surface area (Å²) in [7, 11) is 1.90. The second kappa shape index (κ2) is 9.49. The van der Waals surface area contributed by atoms with Crippen LogP contribution in [0.25, 0.3) is 10.9 Å². The highest BCUT2D eigenvalue weighted by atomic mass is 16.4. The molecule has 1 aromatic carbocycles. The van der Waals surface area contributed by atoms with Gasteiger partial charge in [-0.05, 0) is 42.9 Å². The quantitative estimate of drug-likeness (QED) is 0.640. The molecule has 188 valence electrons. The lowest BCUT2D eigenvalue weighted by Gasteiger charge is -2.41. The number of hydrogen-bond acceptors (Lipinski definition) is 6. The lowest BCUT2D eigenvalue weighted by molar-refractivity contribution is -0.134. The molecule has 0 spiro atoms. The number of piperidine rings is 2. The first kappa shape index (κ1) is 23.6. The maximum Gasteiger partial charge on any atom is 0.407 e. The monoisotopic (exact) mass is 482 g/mol. The zero-order valence-corrected chi connectivity index (χ0v) is 20.4. The Labute approximate surface area is 204 Å². The van der Waals surface area contributed by atoms with Gasteiger partial charge in [0.15, 0.2) is 0 Å². The largest absolute Gasteiger partial charge is 0.465 e. The molecule has 35 heavy (non-hydrogen) atoms. The second-order valence-electron chi connectivity index (χ2n) is 10.3. The van der Waals surface area contributed by atoms with Gasteiger partial charge in [0, 0.05) is 70.4 Å². The van der Waals surface area contributed by atoms with Crippen LogP contribution in [0.2, 0.25) is 0 Å². The highest BCUT2D eigenvalue weighted by Crippen LogP contribution is 2.32. The Morgan fingerprint density at radius 3 is 2.60 bits per heavy atom.